The standard InChI is InChI=1S/C16H16BrFO2/c1-20-10-9-11-5-7-12(8-6-11)16(19)13-3-2-4-14(17)15(13)18/h2-8,16,19H,9-10H2,1H3. The molecule has 4 heteroatoms. The normalized spacial score (nSPS) is 12.4. The Bertz CT molecular complexity index is 569. The van der Waals surface area contributed by atoms with Crippen LogP contribution in [0.1, 0.15) is 22.8 Å². The van der Waals surface area contributed by atoms with Gasteiger partial charge in [-0.1, -0.05) is 36.4 Å². The van der Waals surface area contributed by atoms with Crippen molar-refractivity contribution in [1.29, 1.82) is 0 Å². The number of ether oxygens (including phenoxy) is 1. The molecule has 2 aromatic rings. The Morgan fingerprint density at radius 2 is 1.90 bits per heavy atom. The van der Waals surface area contributed by atoms with E-state index in [0.717, 1.165) is 12.0 Å². The first-order valence-electron chi connectivity index (χ1n) is 6.33. The van der Waals surface area contributed by atoms with Gasteiger partial charge in [0.15, 0.2) is 0 Å². The fraction of sp³-hybridized carbons (Fsp3) is 0.250. The molecule has 2 rings (SSSR count). The van der Waals surface area contributed by atoms with Crippen LogP contribution >= 0.6 is 15.9 Å². The highest BCUT2D eigenvalue weighted by molar-refractivity contribution is 9.10. The Kier molecular flexibility index (Phi) is 5.29. The summed E-state index contributed by atoms with van der Waals surface area (Å²) in [6, 6.07) is 12.4. The lowest BCUT2D eigenvalue weighted by molar-refractivity contribution is 0.202. The lowest BCUT2D eigenvalue weighted by Gasteiger charge is -2.13. The molecule has 20 heavy (non-hydrogen) atoms. The molecule has 0 amide bonds. The zero-order chi connectivity index (χ0) is 14.5. The highest BCUT2D eigenvalue weighted by atomic mass is 79.9. The van der Waals surface area contributed by atoms with E-state index in [9.17, 15) is 9.50 Å². The third-order valence-corrected chi connectivity index (χ3v) is 3.78. The zero-order valence-corrected chi connectivity index (χ0v) is 12.7. The largest absolute Gasteiger partial charge is 0.384 e. The average molecular weight is 339 g/mol. The molecular weight excluding hydrogens is 323 g/mol. The van der Waals surface area contributed by atoms with E-state index in [1.165, 1.54) is 0 Å². The van der Waals surface area contributed by atoms with Crippen molar-refractivity contribution in [2.75, 3.05) is 13.7 Å². The Balaban J connectivity index is 2.20. The zero-order valence-electron chi connectivity index (χ0n) is 11.1. The van der Waals surface area contributed by atoms with Crippen LogP contribution in [0.2, 0.25) is 0 Å². The van der Waals surface area contributed by atoms with Crippen molar-refractivity contribution in [3.05, 3.63) is 69.4 Å². The van der Waals surface area contributed by atoms with Crippen LogP contribution in [0.15, 0.2) is 46.9 Å². The van der Waals surface area contributed by atoms with E-state index < -0.39 is 11.9 Å². The van der Waals surface area contributed by atoms with E-state index in [4.69, 9.17) is 4.74 Å². The van der Waals surface area contributed by atoms with E-state index in [1.54, 1.807) is 25.3 Å². The van der Waals surface area contributed by atoms with Gasteiger partial charge < -0.3 is 9.84 Å². The van der Waals surface area contributed by atoms with Crippen LogP contribution in [0.5, 0.6) is 0 Å². The van der Waals surface area contributed by atoms with Crippen LogP contribution in [0.25, 0.3) is 0 Å². The molecule has 0 saturated carbocycles. The topological polar surface area (TPSA) is 29.5 Å². The van der Waals surface area contributed by atoms with Gasteiger partial charge >= 0.3 is 0 Å². The Hall–Kier alpha value is -1.23. The molecule has 0 bridgehead atoms. The fourth-order valence-electron chi connectivity index (χ4n) is 2.00. The Morgan fingerprint density at radius 1 is 1.20 bits per heavy atom. The van der Waals surface area contributed by atoms with E-state index >= 15 is 0 Å². The van der Waals surface area contributed by atoms with Crippen LogP contribution in [0.4, 0.5) is 4.39 Å². The number of methoxy groups -OCH3 is 1. The lowest BCUT2D eigenvalue weighted by Crippen LogP contribution is -2.03. The number of aliphatic hydroxyl groups excluding tert-OH is 1. The summed E-state index contributed by atoms with van der Waals surface area (Å²) < 4.78 is 19.3. The first kappa shape index (κ1) is 15.2. The molecule has 0 spiro atoms. The number of aliphatic hydroxyl groups is 1. The molecule has 2 nitrogen and oxygen atoms in total. The van der Waals surface area contributed by atoms with Crippen molar-refractivity contribution in [2.45, 2.75) is 12.5 Å². The van der Waals surface area contributed by atoms with Gasteiger partial charge in [0.05, 0.1) is 11.1 Å². The molecule has 106 valence electrons. The molecule has 0 fully saturated rings. The van der Waals surface area contributed by atoms with Gasteiger partial charge in [0.2, 0.25) is 0 Å². The molecule has 0 aliphatic rings. The first-order chi connectivity index (χ1) is 9.63. The minimum Gasteiger partial charge on any atom is -0.384 e. The lowest BCUT2D eigenvalue weighted by atomic mass is 9.99. The predicted octanol–water partition coefficient (Wildman–Crippen LogP) is 3.86. The van der Waals surface area contributed by atoms with Gasteiger partial charge in [-0.2, -0.15) is 0 Å². The van der Waals surface area contributed by atoms with Gasteiger partial charge in [-0.15, -0.1) is 0 Å². The number of benzene rings is 2. The summed E-state index contributed by atoms with van der Waals surface area (Å²) in [5, 5.41) is 10.3. The monoisotopic (exact) mass is 338 g/mol. The number of hydrogen-bond acceptors (Lipinski definition) is 2. The molecular formula is C16H16BrFO2. The highest BCUT2D eigenvalue weighted by Crippen LogP contribution is 2.28. The minimum absolute atomic E-state index is 0.268. The number of rotatable bonds is 5. The Labute approximate surface area is 126 Å². The molecule has 0 saturated heterocycles. The maximum absolute atomic E-state index is 14.0. The van der Waals surface area contributed by atoms with Crippen molar-refractivity contribution in [2.24, 2.45) is 0 Å². The van der Waals surface area contributed by atoms with E-state index in [1.807, 2.05) is 24.3 Å². The van der Waals surface area contributed by atoms with E-state index in [-0.39, 0.29) is 5.56 Å². The minimum atomic E-state index is -0.969. The van der Waals surface area contributed by atoms with Gasteiger partial charge in [0, 0.05) is 12.7 Å². The second kappa shape index (κ2) is 6.97. The third kappa shape index (κ3) is 3.45. The summed E-state index contributed by atoms with van der Waals surface area (Å²) in [7, 11) is 1.66. The van der Waals surface area contributed by atoms with Gasteiger partial charge in [0.1, 0.15) is 11.9 Å². The molecule has 1 N–H and O–H groups in total. The fourth-order valence-corrected chi connectivity index (χ4v) is 2.38. The van der Waals surface area contributed by atoms with Crippen LogP contribution in [0, 0.1) is 5.82 Å². The van der Waals surface area contributed by atoms with E-state index in [2.05, 4.69) is 15.9 Å². The van der Waals surface area contributed by atoms with Crippen LogP contribution in [-0.4, -0.2) is 18.8 Å². The summed E-state index contributed by atoms with van der Waals surface area (Å²) in [6.07, 6.45) is -0.151. The van der Waals surface area contributed by atoms with Crippen molar-refractivity contribution in [3.8, 4) is 0 Å². The second-order valence-electron chi connectivity index (χ2n) is 4.53. The van der Waals surface area contributed by atoms with E-state index in [0.29, 0.717) is 16.6 Å². The average Bonchev–Trinajstić information content (AvgIpc) is 2.48. The van der Waals surface area contributed by atoms with Gasteiger partial charge in [-0.05, 0) is 39.5 Å². The smallest absolute Gasteiger partial charge is 0.143 e. The maximum atomic E-state index is 14.0. The SMILES string of the molecule is COCCc1ccc(C(O)c2cccc(Br)c2F)cc1. The summed E-state index contributed by atoms with van der Waals surface area (Å²) in [5.41, 5.74) is 2.06. The summed E-state index contributed by atoms with van der Waals surface area (Å²) in [4.78, 5) is 0. The van der Waals surface area contributed by atoms with Crippen LogP contribution < -0.4 is 0 Å². The molecule has 0 radical (unpaired) electrons. The summed E-state index contributed by atoms with van der Waals surface area (Å²) >= 11 is 3.13. The highest BCUT2D eigenvalue weighted by Gasteiger charge is 2.16. The molecule has 1 unspecified atom stereocenters. The number of halogens is 2. The Morgan fingerprint density at radius 3 is 2.55 bits per heavy atom. The second-order valence-corrected chi connectivity index (χ2v) is 5.38. The molecule has 0 aromatic heterocycles. The van der Waals surface area contributed by atoms with Gasteiger partial charge in [0.25, 0.3) is 0 Å². The maximum Gasteiger partial charge on any atom is 0.143 e. The van der Waals surface area contributed by atoms with Crippen LogP contribution in [0.3, 0.4) is 0 Å². The third-order valence-electron chi connectivity index (χ3n) is 3.17. The van der Waals surface area contributed by atoms with Crippen molar-refractivity contribution in [1.82, 2.24) is 0 Å². The number of hydrogen-bond donors (Lipinski definition) is 1. The van der Waals surface area contributed by atoms with Crippen molar-refractivity contribution >= 4 is 15.9 Å². The molecule has 0 aliphatic carbocycles. The first-order valence-corrected chi connectivity index (χ1v) is 7.12. The summed E-state index contributed by atoms with van der Waals surface area (Å²) in [6.45, 7) is 0.655. The molecule has 0 heterocycles. The predicted molar refractivity (Wildman–Crippen MR) is 80.2 cm³/mol. The van der Waals surface area contributed by atoms with Gasteiger partial charge in [-0.25, -0.2) is 4.39 Å². The van der Waals surface area contributed by atoms with Crippen molar-refractivity contribution < 1.29 is 14.2 Å². The summed E-state index contributed by atoms with van der Waals surface area (Å²) in [5.74, 6) is -0.427. The van der Waals surface area contributed by atoms with Crippen molar-refractivity contribution in [3.63, 3.8) is 0 Å². The molecule has 2 aromatic carbocycles. The quantitative estimate of drug-likeness (QED) is 0.896. The molecule has 1 atom stereocenters. The van der Waals surface area contributed by atoms with Crippen LogP contribution in [-0.2, 0) is 11.2 Å². The molecule has 0 aliphatic heterocycles. The van der Waals surface area contributed by atoms with Gasteiger partial charge in [-0.3, -0.25) is 0 Å².